The summed E-state index contributed by atoms with van der Waals surface area (Å²) in [6.45, 7) is 0.757. The average molecular weight is 352 g/mol. The number of amides is 1. The molecule has 136 valence electrons. The van der Waals surface area contributed by atoms with Gasteiger partial charge in [-0.05, 0) is 43.0 Å². The lowest BCUT2D eigenvalue weighted by Crippen LogP contribution is -2.47. The van der Waals surface area contributed by atoms with E-state index in [1.54, 1.807) is 4.90 Å². The molecule has 2 aromatic rings. The van der Waals surface area contributed by atoms with Crippen LogP contribution >= 0.6 is 0 Å². The Balaban J connectivity index is 1.66. The van der Waals surface area contributed by atoms with E-state index in [1.807, 2.05) is 42.5 Å². The Morgan fingerprint density at radius 1 is 1.04 bits per heavy atom. The highest BCUT2D eigenvalue weighted by molar-refractivity contribution is 5.93. The van der Waals surface area contributed by atoms with Gasteiger partial charge in [-0.15, -0.1) is 0 Å². The maximum absolute atomic E-state index is 12.5. The number of carbonyl (C=O) groups excluding carboxylic acids is 1. The molecule has 1 atom stereocenters. The van der Waals surface area contributed by atoms with Gasteiger partial charge in [0.25, 0.3) is 0 Å². The lowest BCUT2D eigenvalue weighted by molar-refractivity contribution is -0.145. The normalized spacial score (nSPS) is 17.6. The van der Waals surface area contributed by atoms with Crippen molar-refractivity contribution in [3.8, 4) is 0 Å². The lowest BCUT2D eigenvalue weighted by Gasteiger charge is -2.32. The van der Waals surface area contributed by atoms with E-state index in [-0.39, 0.29) is 12.5 Å². The molecule has 0 bridgehead atoms. The molecular formula is C21H24N2O3. The topological polar surface area (TPSA) is 69.6 Å². The van der Waals surface area contributed by atoms with Crippen molar-refractivity contribution in [2.75, 3.05) is 18.4 Å². The van der Waals surface area contributed by atoms with Crippen molar-refractivity contribution in [3.05, 3.63) is 65.7 Å². The average Bonchev–Trinajstić information content (AvgIpc) is 2.64. The fraction of sp³-hybridized carbons (Fsp3) is 0.333. The monoisotopic (exact) mass is 352 g/mol. The smallest absolute Gasteiger partial charge is 0.320 e. The van der Waals surface area contributed by atoms with E-state index in [2.05, 4.69) is 17.4 Å². The van der Waals surface area contributed by atoms with Crippen molar-refractivity contribution in [2.24, 2.45) is 0 Å². The summed E-state index contributed by atoms with van der Waals surface area (Å²) in [5, 5.41) is 12.3. The van der Waals surface area contributed by atoms with Crippen LogP contribution < -0.4 is 5.32 Å². The van der Waals surface area contributed by atoms with Crippen LogP contribution in [0.1, 0.15) is 30.4 Å². The second kappa shape index (κ2) is 8.63. The van der Waals surface area contributed by atoms with Gasteiger partial charge < -0.3 is 10.4 Å². The zero-order valence-corrected chi connectivity index (χ0v) is 14.7. The Kier molecular flexibility index (Phi) is 6.02. The highest BCUT2D eigenvalue weighted by Gasteiger charge is 2.29. The Hall–Kier alpha value is -2.66. The van der Waals surface area contributed by atoms with Crippen LogP contribution in [0.4, 0.5) is 5.69 Å². The quantitative estimate of drug-likeness (QED) is 0.838. The van der Waals surface area contributed by atoms with Gasteiger partial charge in [-0.3, -0.25) is 14.5 Å². The minimum absolute atomic E-state index is 0.108. The summed E-state index contributed by atoms with van der Waals surface area (Å²) in [6.07, 6.45) is 3.17. The Morgan fingerprint density at radius 2 is 1.77 bits per heavy atom. The van der Waals surface area contributed by atoms with Gasteiger partial charge >= 0.3 is 5.97 Å². The third-order valence-electron chi connectivity index (χ3n) is 4.77. The zero-order valence-electron chi connectivity index (χ0n) is 14.7. The minimum Gasteiger partial charge on any atom is -0.480 e. The van der Waals surface area contributed by atoms with Crippen molar-refractivity contribution in [1.29, 1.82) is 0 Å². The second-order valence-corrected chi connectivity index (χ2v) is 6.69. The summed E-state index contributed by atoms with van der Waals surface area (Å²) in [5.41, 5.74) is 3.00. The fourth-order valence-corrected chi connectivity index (χ4v) is 3.45. The highest BCUT2D eigenvalue weighted by atomic mass is 16.4. The van der Waals surface area contributed by atoms with Crippen LogP contribution in [0.5, 0.6) is 0 Å². The summed E-state index contributed by atoms with van der Waals surface area (Å²) >= 11 is 0. The molecule has 5 nitrogen and oxygen atoms in total. The number of nitrogens with zero attached hydrogens (tertiary/aromatic N) is 1. The van der Waals surface area contributed by atoms with E-state index >= 15 is 0 Å². The largest absolute Gasteiger partial charge is 0.480 e. The van der Waals surface area contributed by atoms with Gasteiger partial charge in [0.1, 0.15) is 6.04 Å². The van der Waals surface area contributed by atoms with Gasteiger partial charge in [-0.1, -0.05) is 55.0 Å². The molecule has 0 radical (unpaired) electrons. The Bertz CT molecular complexity index is 761. The number of carboxylic acids is 1. The number of rotatable bonds is 6. The molecule has 0 spiro atoms. The molecule has 1 saturated heterocycles. The number of aliphatic carboxylic acids is 1. The first-order valence-corrected chi connectivity index (χ1v) is 9.02. The standard InChI is InChI=1S/C21H24N2O3/c24-20(15-23-13-7-6-12-19(23)21(25)26)22-18-11-5-4-10-17(18)14-16-8-2-1-3-9-16/h1-5,8-11,19H,6-7,12-15H2,(H,22,24)(H,25,26). The first-order chi connectivity index (χ1) is 12.6. The molecule has 2 N–H and O–H groups in total. The van der Waals surface area contributed by atoms with Crippen molar-refractivity contribution >= 4 is 17.6 Å². The molecule has 1 unspecified atom stereocenters. The summed E-state index contributed by atoms with van der Waals surface area (Å²) < 4.78 is 0. The van der Waals surface area contributed by atoms with Crippen molar-refractivity contribution in [2.45, 2.75) is 31.7 Å². The number of carboxylic acid groups (broad SMARTS) is 1. The third-order valence-corrected chi connectivity index (χ3v) is 4.77. The predicted molar refractivity (Wildman–Crippen MR) is 101 cm³/mol. The maximum atomic E-state index is 12.5. The van der Waals surface area contributed by atoms with Crippen LogP contribution in [0.25, 0.3) is 0 Å². The molecule has 3 rings (SSSR count). The number of likely N-dealkylation sites (tertiary alicyclic amines) is 1. The van der Waals surface area contributed by atoms with E-state index in [4.69, 9.17) is 0 Å². The number of carbonyl (C=O) groups is 2. The zero-order chi connectivity index (χ0) is 18.4. The molecule has 5 heteroatoms. The third kappa shape index (κ3) is 4.70. The van der Waals surface area contributed by atoms with Gasteiger partial charge in [-0.25, -0.2) is 0 Å². The van der Waals surface area contributed by atoms with Crippen LogP contribution in [0.3, 0.4) is 0 Å². The van der Waals surface area contributed by atoms with Gasteiger partial charge in [0.15, 0.2) is 0 Å². The molecule has 1 amide bonds. The molecule has 0 aromatic heterocycles. The molecule has 2 aromatic carbocycles. The van der Waals surface area contributed by atoms with E-state index < -0.39 is 12.0 Å². The van der Waals surface area contributed by atoms with Gasteiger partial charge in [0.05, 0.1) is 6.54 Å². The van der Waals surface area contributed by atoms with E-state index in [0.717, 1.165) is 30.5 Å². The van der Waals surface area contributed by atoms with E-state index in [1.165, 1.54) is 5.56 Å². The van der Waals surface area contributed by atoms with Gasteiger partial charge in [0.2, 0.25) is 5.91 Å². The summed E-state index contributed by atoms with van der Waals surface area (Å²) in [5.74, 6) is -1.01. The van der Waals surface area contributed by atoms with Crippen molar-refractivity contribution < 1.29 is 14.7 Å². The maximum Gasteiger partial charge on any atom is 0.320 e. The number of piperidine rings is 1. The SMILES string of the molecule is O=C(CN1CCCCC1C(=O)O)Nc1ccccc1Cc1ccccc1. The first-order valence-electron chi connectivity index (χ1n) is 9.02. The first kappa shape index (κ1) is 18.1. The molecule has 26 heavy (non-hydrogen) atoms. The molecular weight excluding hydrogens is 328 g/mol. The second-order valence-electron chi connectivity index (χ2n) is 6.69. The highest BCUT2D eigenvalue weighted by Crippen LogP contribution is 2.20. The molecule has 1 heterocycles. The lowest BCUT2D eigenvalue weighted by atomic mass is 10.0. The Labute approximate surface area is 153 Å². The minimum atomic E-state index is -0.845. The van der Waals surface area contributed by atoms with E-state index in [9.17, 15) is 14.7 Å². The van der Waals surface area contributed by atoms with Crippen LogP contribution in [0, 0.1) is 0 Å². The number of benzene rings is 2. The van der Waals surface area contributed by atoms with Crippen molar-refractivity contribution in [3.63, 3.8) is 0 Å². The van der Waals surface area contributed by atoms with E-state index in [0.29, 0.717) is 13.0 Å². The summed E-state index contributed by atoms with van der Waals surface area (Å²) in [4.78, 5) is 25.7. The number of para-hydroxylation sites is 1. The van der Waals surface area contributed by atoms with Crippen LogP contribution in [0.15, 0.2) is 54.6 Å². The molecule has 1 aliphatic rings. The van der Waals surface area contributed by atoms with Crippen molar-refractivity contribution in [1.82, 2.24) is 4.90 Å². The van der Waals surface area contributed by atoms with Crippen LogP contribution in [0.2, 0.25) is 0 Å². The van der Waals surface area contributed by atoms with Crippen LogP contribution in [-0.2, 0) is 16.0 Å². The Morgan fingerprint density at radius 3 is 2.54 bits per heavy atom. The molecule has 0 aliphatic carbocycles. The number of hydrogen-bond acceptors (Lipinski definition) is 3. The molecule has 1 aliphatic heterocycles. The predicted octanol–water partition coefficient (Wildman–Crippen LogP) is 3.16. The van der Waals surface area contributed by atoms with Crippen LogP contribution in [-0.4, -0.2) is 41.0 Å². The number of nitrogens with one attached hydrogen (secondary N) is 1. The number of hydrogen-bond donors (Lipinski definition) is 2. The summed E-state index contributed by atoms with van der Waals surface area (Å²) in [6, 6.07) is 17.3. The number of anilines is 1. The van der Waals surface area contributed by atoms with Gasteiger partial charge in [0, 0.05) is 5.69 Å². The molecule has 0 saturated carbocycles. The van der Waals surface area contributed by atoms with Gasteiger partial charge in [-0.2, -0.15) is 0 Å². The summed E-state index contributed by atoms with van der Waals surface area (Å²) in [7, 11) is 0. The fourth-order valence-electron chi connectivity index (χ4n) is 3.45. The molecule has 1 fully saturated rings.